The molecule has 0 aromatic heterocycles. The Kier molecular flexibility index (Phi) is 4.87. The summed E-state index contributed by atoms with van der Waals surface area (Å²) in [5.41, 5.74) is 7.10. The summed E-state index contributed by atoms with van der Waals surface area (Å²) in [6.07, 6.45) is 2.03. The van der Waals surface area contributed by atoms with Gasteiger partial charge in [0, 0.05) is 35.2 Å². The Hall–Kier alpha value is -0.580. The van der Waals surface area contributed by atoms with E-state index < -0.39 is 0 Å². The quantitative estimate of drug-likeness (QED) is 0.896. The first-order chi connectivity index (χ1) is 9.02. The second kappa shape index (κ2) is 6.25. The molecule has 3 atom stereocenters. The summed E-state index contributed by atoms with van der Waals surface area (Å²) in [5.74, 6) is 0.898. The maximum atomic E-state index is 10.1. The lowest BCUT2D eigenvalue weighted by Crippen LogP contribution is -2.47. The number of nitrogens with two attached hydrogens (primary N) is 1. The van der Waals surface area contributed by atoms with Crippen molar-refractivity contribution in [3.63, 3.8) is 0 Å². The van der Waals surface area contributed by atoms with Crippen molar-refractivity contribution in [3.8, 4) is 5.75 Å². The van der Waals surface area contributed by atoms with Crippen molar-refractivity contribution in [1.82, 2.24) is 4.90 Å². The highest BCUT2D eigenvalue weighted by Crippen LogP contribution is 2.35. The van der Waals surface area contributed by atoms with E-state index in [0.717, 1.165) is 36.0 Å². The highest BCUT2D eigenvalue weighted by molar-refractivity contribution is 9.10. The van der Waals surface area contributed by atoms with Crippen LogP contribution in [0, 0.1) is 5.92 Å². The standard InChI is InChI=1S/C15H23BrN2O/c1-3-14(12-8-11(16)4-5-15(12)19)18-7-6-13(17)10(2)9-18/h4-5,8,10,13-14,19H,3,6-7,9,17H2,1-2H3. The van der Waals surface area contributed by atoms with Crippen LogP contribution >= 0.6 is 15.9 Å². The Labute approximate surface area is 123 Å². The minimum Gasteiger partial charge on any atom is -0.508 e. The number of halogens is 1. The molecule has 1 aliphatic heterocycles. The van der Waals surface area contributed by atoms with Crippen LogP contribution in [0.2, 0.25) is 0 Å². The molecule has 3 N–H and O–H groups in total. The molecule has 3 nitrogen and oxygen atoms in total. The summed E-state index contributed by atoms with van der Waals surface area (Å²) in [6, 6.07) is 6.25. The van der Waals surface area contributed by atoms with Gasteiger partial charge in [-0.05, 0) is 37.0 Å². The van der Waals surface area contributed by atoms with Crippen LogP contribution in [0.4, 0.5) is 0 Å². The van der Waals surface area contributed by atoms with Crippen LogP contribution in [0.15, 0.2) is 22.7 Å². The van der Waals surface area contributed by atoms with E-state index in [9.17, 15) is 5.11 Å². The molecule has 4 heteroatoms. The lowest BCUT2D eigenvalue weighted by Gasteiger charge is -2.40. The molecule has 0 amide bonds. The van der Waals surface area contributed by atoms with Gasteiger partial charge in [-0.1, -0.05) is 29.8 Å². The van der Waals surface area contributed by atoms with Gasteiger partial charge in [-0.3, -0.25) is 4.90 Å². The monoisotopic (exact) mass is 326 g/mol. The molecule has 1 heterocycles. The maximum Gasteiger partial charge on any atom is 0.120 e. The molecule has 0 saturated carbocycles. The Morgan fingerprint density at radius 3 is 2.89 bits per heavy atom. The van der Waals surface area contributed by atoms with E-state index >= 15 is 0 Å². The van der Waals surface area contributed by atoms with Gasteiger partial charge in [0.2, 0.25) is 0 Å². The van der Waals surface area contributed by atoms with Crippen molar-refractivity contribution in [3.05, 3.63) is 28.2 Å². The summed E-state index contributed by atoms with van der Waals surface area (Å²) < 4.78 is 1.01. The fraction of sp³-hybridized carbons (Fsp3) is 0.600. The van der Waals surface area contributed by atoms with E-state index in [-0.39, 0.29) is 6.04 Å². The number of benzene rings is 1. The van der Waals surface area contributed by atoms with Crippen LogP contribution in [-0.4, -0.2) is 29.1 Å². The first-order valence-corrected chi connectivity index (χ1v) is 7.80. The average Bonchev–Trinajstić information content (AvgIpc) is 2.38. The van der Waals surface area contributed by atoms with Gasteiger partial charge >= 0.3 is 0 Å². The Morgan fingerprint density at radius 1 is 1.53 bits per heavy atom. The third-order valence-corrected chi connectivity index (χ3v) is 4.67. The smallest absolute Gasteiger partial charge is 0.120 e. The van der Waals surface area contributed by atoms with Gasteiger partial charge in [0.05, 0.1) is 0 Å². The van der Waals surface area contributed by atoms with E-state index in [0.29, 0.717) is 17.7 Å². The zero-order chi connectivity index (χ0) is 14.0. The van der Waals surface area contributed by atoms with Crippen LogP contribution in [0.25, 0.3) is 0 Å². The van der Waals surface area contributed by atoms with E-state index in [1.165, 1.54) is 0 Å². The zero-order valence-corrected chi connectivity index (χ0v) is 13.2. The first-order valence-electron chi connectivity index (χ1n) is 7.01. The van der Waals surface area contributed by atoms with E-state index in [1.807, 2.05) is 12.1 Å². The van der Waals surface area contributed by atoms with Gasteiger partial charge < -0.3 is 10.8 Å². The van der Waals surface area contributed by atoms with E-state index in [2.05, 4.69) is 34.7 Å². The van der Waals surface area contributed by atoms with Crippen LogP contribution < -0.4 is 5.73 Å². The van der Waals surface area contributed by atoms with Gasteiger partial charge in [0.1, 0.15) is 5.75 Å². The van der Waals surface area contributed by atoms with Crippen LogP contribution in [0.5, 0.6) is 5.75 Å². The number of nitrogens with zero attached hydrogens (tertiary/aromatic N) is 1. The summed E-state index contributed by atoms with van der Waals surface area (Å²) in [4.78, 5) is 2.45. The highest BCUT2D eigenvalue weighted by atomic mass is 79.9. The molecule has 0 spiro atoms. The number of rotatable bonds is 3. The van der Waals surface area contributed by atoms with Crippen molar-refractivity contribution < 1.29 is 5.11 Å². The SMILES string of the molecule is CCC(c1cc(Br)ccc1O)N1CCC(N)C(C)C1. The van der Waals surface area contributed by atoms with Gasteiger partial charge in [-0.2, -0.15) is 0 Å². The Morgan fingerprint density at radius 2 is 2.26 bits per heavy atom. The normalized spacial score (nSPS) is 26.3. The zero-order valence-electron chi connectivity index (χ0n) is 11.6. The number of phenols is 1. The molecule has 2 rings (SSSR count). The predicted molar refractivity (Wildman–Crippen MR) is 82.2 cm³/mol. The number of hydrogen-bond acceptors (Lipinski definition) is 3. The topological polar surface area (TPSA) is 49.5 Å². The third-order valence-electron chi connectivity index (χ3n) is 4.18. The van der Waals surface area contributed by atoms with E-state index in [4.69, 9.17) is 5.73 Å². The Balaban J connectivity index is 2.22. The van der Waals surface area contributed by atoms with Crippen molar-refractivity contribution in [2.24, 2.45) is 11.7 Å². The second-order valence-electron chi connectivity index (χ2n) is 5.55. The van der Waals surface area contributed by atoms with Crippen molar-refractivity contribution in [2.45, 2.75) is 38.8 Å². The lowest BCUT2D eigenvalue weighted by atomic mass is 9.91. The summed E-state index contributed by atoms with van der Waals surface area (Å²) in [6.45, 7) is 6.40. The molecule has 1 aromatic rings. The molecule has 0 aliphatic carbocycles. The van der Waals surface area contributed by atoms with Gasteiger partial charge in [0.15, 0.2) is 0 Å². The maximum absolute atomic E-state index is 10.1. The molecule has 106 valence electrons. The predicted octanol–water partition coefficient (Wildman–Crippen LogP) is 3.27. The number of aromatic hydroxyl groups is 1. The largest absolute Gasteiger partial charge is 0.508 e. The van der Waals surface area contributed by atoms with Crippen molar-refractivity contribution in [2.75, 3.05) is 13.1 Å². The molecule has 0 bridgehead atoms. The summed E-state index contributed by atoms with van der Waals surface area (Å²) in [7, 11) is 0. The molecule has 1 fully saturated rings. The van der Waals surface area contributed by atoms with Gasteiger partial charge in [-0.15, -0.1) is 0 Å². The van der Waals surface area contributed by atoms with Gasteiger partial charge in [0.25, 0.3) is 0 Å². The average molecular weight is 327 g/mol. The van der Waals surface area contributed by atoms with Crippen LogP contribution in [0.1, 0.15) is 38.3 Å². The summed E-state index contributed by atoms with van der Waals surface area (Å²) >= 11 is 3.49. The van der Waals surface area contributed by atoms with Crippen LogP contribution in [-0.2, 0) is 0 Å². The Bertz CT molecular complexity index is 438. The van der Waals surface area contributed by atoms with Gasteiger partial charge in [-0.25, -0.2) is 0 Å². The summed E-state index contributed by atoms with van der Waals surface area (Å²) in [5, 5.41) is 10.1. The molecule has 3 unspecified atom stereocenters. The number of piperidine rings is 1. The third kappa shape index (κ3) is 3.30. The van der Waals surface area contributed by atoms with E-state index in [1.54, 1.807) is 6.07 Å². The molecule has 19 heavy (non-hydrogen) atoms. The molecule has 0 radical (unpaired) electrons. The number of hydrogen-bond donors (Lipinski definition) is 2. The van der Waals surface area contributed by atoms with Crippen LogP contribution in [0.3, 0.4) is 0 Å². The molecule has 1 aromatic carbocycles. The molecular formula is C15H23BrN2O. The fourth-order valence-corrected chi connectivity index (χ4v) is 3.32. The second-order valence-corrected chi connectivity index (χ2v) is 6.47. The highest BCUT2D eigenvalue weighted by Gasteiger charge is 2.29. The molecule has 1 aliphatic rings. The molecular weight excluding hydrogens is 304 g/mol. The fourth-order valence-electron chi connectivity index (χ4n) is 2.95. The number of likely N-dealkylation sites (tertiary alicyclic amines) is 1. The lowest BCUT2D eigenvalue weighted by molar-refractivity contribution is 0.111. The minimum atomic E-state index is 0.271. The van der Waals surface area contributed by atoms with Crippen molar-refractivity contribution in [1.29, 1.82) is 0 Å². The first kappa shape index (κ1) is 14.8. The van der Waals surface area contributed by atoms with Crippen molar-refractivity contribution >= 4 is 15.9 Å². The minimum absolute atomic E-state index is 0.271. The number of phenolic OH excluding ortho intramolecular Hbond substituents is 1. The molecule has 1 saturated heterocycles.